The highest BCUT2D eigenvalue weighted by Gasteiger charge is 2.08. The van der Waals surface area contributed by atoms with Gasteiger partial charge < -0.3 is 4.42 Å². The molecule has 3 aromatic rings. The Bertz CT molecular complexity index is 631. The largest absolute Gasteiger partial charge is 0.456 e. The number of furan rings is 1. The molecule has 2 heterocycles. The van der Waals surface area contributed by atoms with Gasteiger partial charge in [-0.05, 0) is 12.1 Å². The summed E-state index contributed by atoms with van der Waals surface area (Å²) in [4.78, 5) is 4.02. The van der Waals surface area contributed by atoms with E-state index in [1.54, 1.807) is 6.20 Å². The Morgan fingerprint density at radius 2 is 1.88 bits per heavy atom. The van der Waals surface area contributed by atoms with Gasteiger partial charge in [0.05, 0.1) is 5.39 Å². The third-order valence-electron chi connectivity index (χ3n) is 2.46. The van der Waals surface area contributed by atoms with E-state index in [4.69, 9.17) is 16.0 Å². The molecule has 0 fully saturated rings. The quantitative estimate of drug-likeness (QED) is 0.586. The molecule has 3 heteroatoms. The Kier molecular flexibility index (Phi) is 2.15. The number of pyridine rings is 1. The van der Waals surface area contributed by atoms with E-state index in [9.17, 15) is 0 Å². The summed E-state index contributed by atoms with van der Waals surface area (Å²) in [6.45, 7) is 0. The summed E-state index contributed by atoms with van der Waals surface area (Å²) >= 11 is 5.99. The predicted molar refractivity (Wildman–Crippen MR) is 64.5 cm³/mol. The van der Waals surface area contributed by atoms with Gasteiger partial charge in [0.25, 0.3) is 0 Å². The van der Waals surface area contributed by atoms with Gasteiger partial charge in [-0.25, -0.2) is 4.98 Å². The Morgan fingerprint density at radius 3 is 2.62 bits per heavy atom. The van der Waals surface area contributed by atoms with Crippen molar-refractivity contribution < 1.29 is 4.42 Å². The second-order valence-electron chi connectivity index (χ2n) is 3.49. The number of benzene rings is 1. The lowest BCUT2D eigenvalue weighted by molar-refractivity contribution is 0.631. The highest BCUT2D eigenvalue weighted by atomic mass is 35.5. The Labute approximate surface area is 97.5 Å². The minimum absolute atomic E-state index is 0.475. The van der Waals surface area contributed by atoms with Crippen molar-refractivity contribution in [1.29, 1.82) is 0 Å². The summed E-state index contributed by atoms with van der Waals surface area (Å²) < 4.78 is 5.71. The van der Waals surface area contributed by atoms with E-state index in [2.05, 4.69) is 4.98 Å². The predicted octanol–water partition coefficient (Wildman–Crippen LogP) is 4.15. The number of rotatable bonds is 1. The van der Waals surface area contributed by atoms with Gasteiger partial charge in [-0.1, -0.05) is 41.9 Å². The highest BCUT2D eigenvalue weighted by Crippen LogP contribution is 2.30. The van der Waals surface area contributed by atoms with E-state index in [1.165, 1.54) is 0 Å². The molecular formula is C13H8ClNO. The van der Waals surface area contributed by atoms with Gasteiger partial charge in [0.1, 0.15) is 16.5 Å². The molecule has 16 heavy (non-hydrogen) atoms. The summed E-state index contributed by atoms with van der Waals surface area (Å²) in [6, 6.07) is 13.6. The Balaban J connectivity index is 2.23. The average molecular weight is 230 g/mol. The van der Waals surface area contributed by atoms with Gasteiger partial charge in [0.15, 0.2) is 0 Å². The van der Waals surface area contributed by atoms with E-state index >= 15 is 0 Å². The van der Waals surface area contributed by atoms with Gasteiger partial charge in [0.2, 0.25) is 0 Å². The summed E-state index contributed by atoms with van der Waals surface area (Å²) in [5, 5.41) is 1.33. The molecule has 0 aliphatic carbocycles. The lowest BCUT2D eigenvalue weighted by atomic mass is 10.2. The molecule has 0 saturated heterocycles. The van der Waals surface area contributed by atoms with Gasteiger partial charge in [-0.3, -0.25) is 0 Å². The molecule has 0 N–H and O–H groups in total. The highest BCUT2D eigenvalue weighted by molar-refractivity contribution is 6.34. The van der Waals surface area contributed by atoms with E-state index < -0.39 is 0 Å². The van der Waals surface area contributed by atoms with Crippen LogP contribution in [0.15, 0.2) is 53.1 Å². The molecule has 0 aliphatic heterocycles. The fraction of sp³-hybridized carbons (Fsp3) is 0. The van der Waals surface area contributed by atoms with Crippen molar-refractivity contribution in [2.75, 3.05) is 0 Å². The van der Waals surface area contributed by atoms with Crippen LogP contribution in [-0.2, 0) is 0 Å². The van der Waals surface area contributed by atoms with Crippen molar-refractivity contribution in [3.63, 3.8) is 0 Å². The molecule has 0 spiro atoms. The summed E-state index contributed by atoms with van der Waals surface area (Å²) in [6.07, 6.45) is 1.64. The molecule has 0 aliphatic rings. The normalized spacial score (nSPS) is 10.8. The maximum absolute atomic E-state index is 5.99. The SMILES string of the molecule is Clc1nccc2oc(-c3ccccc3)cc12. The van der Waals surface area contributed by atoms with Crippen LogP contribution in [0, 0.1) is 0 Å². The van der Waals surface area contributed by atoms with Crippen LogP contribution >= 0.6 is 11.6 Å². The fourth-order valence-corrected chi connectivity index (χ4v) is 1.88. The molecule has 0 unspecified atom stereocenters. The van der Waals surface area contributed by atoms with E-state index in [-0.39, 0.29) is 0 Å². The maximum Gasteiger partial charge on any atom is 0.140 e. The molecule has 2 nitrogen and oxygen atoms in total. The maximum atomic E-state index is 5.99. The summed E-state index contributed by atoms with van der Waals surface area (Å²) in [7, 11) is 0. The lowest BCUT2D eigenvalue weighted by Gasteiger charge is -1.93. The van der Waals surface area contributed by atoms with Crippen LogP contribution in [0.2, 0.25) is 5.15 Å². The Morgan fingerprint density at radius 1 is 1.06 bits per heavy atom. The minimum Gasteiger partial charge on any atom is -0.456 e. The number of aromatic nitrogens is 1. The molecule has 0 bridgehead atoms. The standard InChI is InChI=1S/C13H8ClNO/c14-13-10-8-12(9-4-2-1-3-5-9)16-11(10)6-7-15-13/h1-8H. The first-order valence-electron chi connectivity index (χ1n) is 4.94. The first kappa shape index (κ1) is 9.43. The molecule has 0 saturated carbocycles. The van der Waals surface area contributed by atoms with Gasteiger partial charge >= 0.3 is 0 Å². The average Bonchev–Trinajstić information content (AvgIpc) is 2.76. The van der Waals surface area contributed by atoms with Crippen LogP contribution in [0.3, 0.4) is 0 Å². The number of hydrogen-bond donors (Lipinski definition) is 0. The minimum atomic E-state index is 0.475. The van der Waals surface area contributed by atoms with Crippen molar-refractivity contribution in [3.05, 3.63) is 53.8 Å². The number of nitrogens with zero attached hydrogens (tertiary/aromatic N) is 1. The zero-order valence-corrected chi connectivity index (χ0v) is 9.11. The zero-order valence-electron chi connectivity index (χ0n) is 8.35. The molecule has 2 aromatic heterocycles. The Hall–Kier alpha value is -1.80. The first-order valence-corrected chi connectivity index (χ1v) is 5.32. The van der Waals surface area contributed by atoms with E-state index in [0.29, 0.717) is 5.15 Å². The molecule has 0 atom stereocenters. The van der Waals surface area contributed by atoms with Gasteiger partial charge in [-0.2, -0.15) is 0 Å². The van der Waals surface area contributed by atoms with Crippen molar-refractivity contribution in [3.8, 4) is 11.3 Å². The van der Waals surface area contributed by atoms with Crippen LogP contribution in [0.1, 0.15) is 0 Å². The van der Waals surface area contributed by atoms with Crippen LogP contribution in [0.5, 0.6) is 0 Å². The van der Waals surface area contributed by atoms with Gasteiger partial charge in [0, 0.05) is 11.8 Å². The van der Waals surface area contributed by atoms with Crippen molar-refractivity contribution >= 4 is 22.6 Å². The van der Waals surface area contributed by atoms with Crippen LogP contribution < -0.4 is 0 Å². The topological polar surface area (TPSA) is 26.0 Å². The van der Waals surface area contributed by atoms with Crippen LogP contribution in [-0.4, -0.2) is 4.98 Å². The molecule has 0 radical (unpaired) electrons. The monoisotopic (exact) mass is 229 g/mol. The lowest BCUT2D eigenvalue weighted by Crippen LogP contribution is -1.71. The van der Waals surface area contributed by atoms with Crippen molar-refractivity contribution in [1.82, 2.24) is 4.98 Å². The molecule has 3 rings (SSSR count). The summed E-state index contributed by atoms with van der Waals surface area (Å²) in [5.41, 5.74) is 1.80. The third kappa shape index (κ3) is 1.48. The summed E-state index contributed by atoms with van der Waals surface area (Å²) in [5.74, 6) is 0.811. The fourth-order valence-electron chi connectivity index (χ4n) is 1.67. The smallest absolute Gasteiger partial charge is 0.140 e. The molecule has 1 aromatic carbocycles. The second-order valence-corrected chi connectivity index (χ2v) is 3.85. The number of fused-ring (bicyclic) bond motifs is 1. The third-order valence-corrected chi connectivity index (χ3v) is 2.76. The zero-order chi connectivity index (χ0) is 11.0. The van der Waals surface area contributed by atoms with Crippen molar-refractivity contribution in [2.45, 2.75) is 0 Å². The first-order chi connectivity index (χ1) is 7.84. The number of hydrogen-bond acceptors (Lipinski definition) is 2. The second kappa shape index (κ2) is 3.65. The number of halogens is 1. The molecular weight excluding hydrogens is 222 g/mol. The van der Waals surface area contributed by atoms with Crippen molar-refractivity contribution in [2.24, 2.45) is 0 Å². The van der Waals surface area contributed by atoms with E-state index in [0.717, 1.165) is 22.3 Å². The van der Waals surface area contributed by atoms with Crippen LogP contribution in [0.25, 0.3) is 22.3 Å². The van der Waals surface area contributed by atoms with E-state index in [1.807, 2.05) is 42.5 Å². The molecule has 78 valence electrons. The molecule has 0 amide bonds. The van der Waals surface area contributed by atoms with Crippen LogP contribution in [0.4, 0.5) is 0 Å². The van der Waals surface area contributed by atoms with Gasteiger partial charge in [-0.15, -0.1) is 0 Å².